The second kappa shape index (κ2) is 5.74. The standard InChI is InChI=1S/C9H17N5OS/c1-6(2)14-8(10)12-13-9(14)16-5-4-11-7(3)15/h6H,4-5H2,1-3H3,(H2,10,12)(H,11,15). The van der Waals surface area contributed by atoms with E-state index in [9.17, 15) is 4.79 Å². The average Bonchev–Trinajstić information content (AvgIpc) is 2.54. The van der Waals surface area contributed by atoms with Gasteiger partial charge in [0.05, 0.1) is 0 Å². The van der Waals surface area contributed by atoms with Crippen molar-refractivity contribution in [3.05, 3.63) is 0 Å². The Morgan fingerprint density at radius 3 is 2.81 bits per heavy atom. The molecule has 0 aliphatic rings. The highest BCUT2D eigenvalue weighted by Gasteiger charge is 2.12. The molecule has 0 fully saturated rings. The second-order valence-electron chi connectivity index (χ2n) is 3.64. The van der Waals surface area contributed by atoms with Crippen LogP contribution in [0.25, 0.3) is 0 Å². The summed E-state index contributed by atoms with van der Waals surface area (Å²) < 4.78 is 1.87. The van der Waals surface area contributed by atoms with Gasteiger partial charge in [0.1, 0.15) is 0 Å². The van der Waals surface area contributed by atoms with Gasteiger partial charge in [0.2, 0.25) is 11.9 Å². The number of amides is 1. The van der Waals surface area contributed by atoms with E-state index in [0.717, 1.165) is 10.9 Å². The van der Waals surface area contributed by atoms with Crippen molar-refractivity contribution in [3.8, 4) is 0 Å². The van der Waals surface area contributed by atoms with Gasteiger partial charge in [-0.25, -0.2) is 0 Å². The number of aromatic nitrogens is 3. The molecule has 0 saturated carbocycles. The van der Waals surface area contributed by atoms with Crippen molar-refractivity contribution < 1.29 is 4.79 Å². The Kier molecular flexibility index (Phi) is 4.60. The summed E-state index contributed by atoms with van der Waals surface area (Å²) in [5.74, 6) is 1.16. The van der Waals surface area contributed by atoms with Crippen molar-refractivity contribution in [2.75, 3.05) is 18.0 Å². The Morgan fingerprint density at radius 2 is 2.25 bits per heavy atom. The van der Waals surface area contributed by atoms with E-state index >= 15 is 0 Å². The van der Waals surface area contributed by atoms with Crippen LogP contribution in [0.2, 0.25) is 0 Å². The molecule has 1 aromatic heterocycles. The minimum atomic E-state index is -0.0227. The van der Waals surface area contributed by atoms with Gasteiger partial charge in [-0.05, 0) is 13.8 Å². The van der Waals surface area contributed by atoms with E-state index in [2.05, 4.69) is 15.5 Å². The molecule has 0 bridgehead atoms. The molecule has 1 amide bonds. The fraction of sp³-hybridized carbons (Fsp3) is 0.667. The molecule has 0 spiro atoms. The number of nitrogen functional groups attached to an aromatic ring is 1. The molecule has 7 heteroatoms. The van der Waals surface area contributed by atoms with Crippen LogP contribution in [0.4, 0.5) is 5.95 Å². The van der Waals surface area contributed by atoms with Crippen LogP contribution in [-0.4, -0.2) is 33.0 Å². The topological polar surface area (TPSA) is 85.8 Å². The zero-order valence-electron chi connectivity index (χ0n) is 9.73. The van der Waals surface area contributed by atoms with E-state index in [1.54, 1.807) is 0 Å². The van der Waals surface area contributed by atoms with Crippen LogP contribution < -0.4 is 11.1 Å². The van der Waals surface area contributed by atoms with Crippen molar-refractivity contribution >= 4 is 23.6 Å². The first-order chi connectivity index (χ1) is 7.52. The van der Waals surface area contributed by atoms with Crippen molar-refractivity contribution in [1.29, 1.82) is 0 Å². The molecule has 6 nitrogen and oxygen atoms in total. The highest BCUT2D eigenvalue weighted by atomic mass is 32.2. The largest absolute Gasteiger partial charge is 0.368 e. The quantitative estimate of drug-likeness (QED) is 0.586. The van der Waals surface area contributed by atoms with Gasteiger partial charge in [-0.15, -0.1) is 10.2 Å². The molecule has 0 aromatic carbocycles. The molecule has 0 unspecified atom stereocenters. The summed E-state index contributed by atoms with van der Waals surface area (Å²) >= 11 is 1.53. The first-order valence-electron chi connectivity index (χ1n) is 5.10. The zero-order chi connectivity index (χ0) is 12.1. The number of thioether (sulfide) groups is 1. The third-order valence-electron chi connectivity index (χ3n) is 1.91. The lowest BCUT2D eigenvalue weighted by Gasteiger charge is -2.11. The number of nitrogens with zero attached hydrogens (tertiary/aromatic N) is 3. The van der Waals surface area contributed by atoms with Gasteiger partial charge in [0, 0.05) is 25.3 Å². The number of hydrogen-bond donors (Lipinski definition) is 2. The van der Waals surface area contributed by atoms with Gasteiger partial charge in [-0.1, -0.05) is 11.8 Å². The Morgan fingerprint density at radius 1 is 1.56 bits per heavy atom. The number of nitrogens with one attached hydrogen (secondary N) is 1. The summed E-state index contributed by atoms with van der Waals surface area (Å²) in [7, 11) is 0. The SMILES string of the molecule is CC(=O)NCCSc1nnc(N)n1C(C)C. The first kappa shape index (κ1) is 12.8. The zero-order valence-corrected chi connectivity index (χ0v) is 10.5. The van der Waals surface area contributed by atoms with Gasteiger partial charge in [0.15, 0.2) is 5.16 Å². The maximum atomic E-state index is 10.7. The Hall–Kier alpha value is -1.24. The maximum absolute atomic E-state index is 10.7. The number of hydrogen-bond acceptors (Lipinski definition) is 5. The molecule has 90 valence electrons. The lowest BCUT2D eigenvalue weighted by Crippen LogP contribution is -2.22. The van der Waals surface area contributed by atoms with Crippen LogP contribution in [0, 0.1) is 0 Å². The third kappa shape index (κ3) is 3.41. The second-order valence-corrected chi connectivity index (χ2v) is 4.70. The minimum Gasteiger partial charge on any atom is -0.368 e. The van der Waals surface area contributed by atoms with Gasteiger partial charge in [0.25, 0.3) is 0 Å². The Balaban J connectivity index is 2.51. The van der Waals surface area contributed by atoms with E-state index < -0.39 is 0 Å². The fourth-order valence-electron chi connectivity index (χ4n) is 1.24. The highest BCUT2D eigenvalue weighted by Crippen LogP contribution is 2.21. The van der Waals surface area contributed by atoms with E-state index in [4.69, 9.17) is 5.73 Å². The molecule has 0 aliphatic heterocycles. The average molecular weight is 243 g/mol. The van der Waals surface area contributed by atoms with Crippen LogP contribution in [-0.2, 0) is 4.79 Å². The predicted molar refractivity (Wildman–Crippen MR) is 64.2 cm³/mol. The molecule has 1 heterocycles. The summed E-state index contributed by atoms with van der Waals surface area (Å²) in [5.41, 5.74) is 5.70. The molecule has 1 rings (SSSR count). The number of carbonyl (C=O) groups is 1. The number of carbonyl (C=O) groups excluding carboxylic acids is 1. The summed E-state index contributed by atoms with van der Waals surface area (Å²) in [4.78, 5) is 10.7. The fourth-order valence-corrected chi connectivity index (χ4v) is 2.17. The summed E-state index contributed by atoms with van der Waals surface area (Å²) in [6, 6.07) is 0.235. The van der Waals surface area contributed by atoms with Crippen LogP contribution >= 0.6 is 11.8 Å². The summed E-state index contributed by atoms with van der Waals surface area (Å²) in [5, 5.41) is 11.3. The van der Waals surface area contributed by atoms with Gasteiger partial charge >= 0.3 is 0 Å². The number of nitrogens with two attached hydrogens (primary N) is 1. The third-order valence-corrected chi connectivity index (χ3v) is 2.86. The molecule has 16 heavy (non-hydrogen) atoms. The Labute approximate surface area is 99.0 Å². The van der Waals surface area contributed by atoms with E-state index in [0.29, 0.717) is 12.5 Å². The molecule has 3 N–H and O–H groups in total. The molecular formula is C9H17N5OS. The van der Waals surface area contributed by atoms with Crippen molar-refractivity contribution in [3.63, 3.8) is 0 Å². The highest BCUT2D eigenvalue weighted by molar-refractivity contribution is 7.99. The van der Waals surface area contributed by atoms with Crippen molar-refractivity contribution in [2.24, 2.45) is 0 Å². The van der Waals surface area contributed by atoms with Gasteiger partial charge in [-0.3, -0.25) is 9.36 Å². The summed E-state index contributed by atoms with van der Waals surface area (Å²) in [6.07, 6.45) is 0. The van der Waals surface area contributed by atoms with Crippen LogP contribution in [0.1, 0.15) is 26.8 Å². The molecule has 0 radical (unpaired) electrons. The number of rotatable bonds is 5. The molecular weight excluding hydrogens is 226 g/mol. The molecule has 1 aromatic rings. The normalized spacial score (nSPS) is 10.8. The number of anilines is 1. The van der Waals surface area contributed by atoms with Crippen molar-refractivity contribution in [2.45, 2.75) is 32.0 Å². The predicted octanol–water partition coefficient (Wildman–Crippen LogP) is 0.669. The van der Waals surface area contributed by atoms with Gasteiger partial charge < -0.3 is 11.1 Å². The first-order valence-corrected chi connectivity index (χ1v) is 6.08. The minimum absolute atomic E-state index is 0.0227. The smallest absolute Gasteiger partial charge is 0.222 e. The van der Waals surface area contributed by atoms with Crippen LogP contribution in [0.5, 0.6) is 0 Å². The molecule has 0 atom stereocenters. The molecule has 0 saturated heterocycles. The maximum Gasteiger partial charge on any atom is 0.222 e. The Bertz CT molecular complexity index is 363. The lowest BCUT2D eigenvalue weighted by molar-refractivity contribution is -0.118. The monoisotopic (exact) mass is 243 g/mol. The lowest BCUT2D eigenvalue weighted by atomic mass is 10.4. The van der Waals surface area contributed by atoms with E-state index in [1.807, 2.05) is 18.4 Å². The summed E-state index contributed by atoms with van der Waals surface area (Å²) in [6.45, 7) is 6.17. The van der Waals surface area contributed by atoms with E-state index in [1.165, 1.54) is 18.7 Å². The van der Waals surface area contributed by atoms with Crippen LogP contribution in [0.3, 0.4) is 0 Å². The van der Waals surface area contributed by atoms with E-state index in [-0.39, 0.29) is 11.9 Å². The van der Waals surface area contributed by atoms with Gasteiger partial charge in [-0.2, -0.15) is 0 Å². The van der Waals surface area contributed by atoms with Crippen molar-refractivity contribution in [1.82, 2.24) is 20.1 Å². The molecule has 0 aliphatic carbocycles. The van der Waals surface area contributed by atoms with Crippen LogP contribution in [0.15, 0.2) is 5.16 Å².